The van der Waals surface area contributed by atoms with Crippen molar-refractivity contribution in [3.63, 3.8) is 0 Å². The maximum atomic E-state index is 10.2. The van der Waals surface area contributed by atoms with Crippen LogP contribution in [0.2, 0.25) is 0 Å². The first-order valence-electron chi connectivity index (χ1n) is 2.97. The van der Waals surface area contributed by atoms with Crippen molar-refractivity contribution in [2.24, 2.45) is 0 Å². The Kier molecular flexibility index (Phi) is 7.43. The van der Waals surface area contributed by atoms with Crippen LogP contribution in [0.1, 0.15) is 0 Å². The van der Waals surface area contributed by atoms with Crippen molar-refractivity contribution < 1.29 is 56.9 Å². The topological polar surface area (TPSA) is 120 Å². The van der Waals surface area contributed by atoms with E-state index in [2.05, 4.69) is 0 Å². The van der Waals surface area contributed by atoms with Gasteiger partial charge in [-0.15, -0.1) is 0 Å². The zero-order valence-electron chi connectivity index (χ0n) is 7.30. The van der Waals surface area contributed by atoms with Crippen molar-refractivity contribution >= 4 is 29.0 Å². The van der Waals surface area contributed by atoms with Crippen LogP contribution in [-0.4, -0.2) is 43.2 Å². The van der Waals surface area contributed by atoms with Crippen LogP contribution in [0.3, 0.4) is 0 Å². The average Bonchev–Trinajstić information content (AvgIpc) is 2.06. The predicted molar refractivity (Wildman–Crippen MR) is 38.6 cm³/mol. The molecule has 7 nitrogen and oxygen atoms in total. The zero-order valence-corrected chi connectivity index (χ0v) is 10.1. The second kappa shape index (κ2) is 6.38. The Morgan fingerprint density at radius 3 is 1.71 bits per heavy atom. The third kappa shape index (κ3) is 5.58. The fourth-order valence-electron chi connectivity index (χ4n) is 0.422. The molecule has 0 heterocycles. The Hall–Kier alpha value is -0.120. The third-order valence-corrected chi connectivity index (χ3v) is 1.64. The van der Waals surface area contributed by atoms with Crippen LogP contribution in [0.4, 0.5) is 0 Å². The fraction of sp³-hybridized carbons (Fsp3) is 0.400. The summed E-state index contributed by atoms with van der Waals surface area (Å²) in [5.74, 6) is -1.16. The van der Waals surface area contributed by atoms with Gasteiger partial charge in [0, 0.05) is 0 Å². The molecule has 0 aliphatic heterocycles. The van der Waals surface area contributed by atoms with Crippen molar-refractivity contribution in [2.45, 2.75) is 5.54 Å². The molecule has 0 rings (SSSR count). The molecule has 74 valence electrons. The van der Waals surface area contributed by atoms with Gasteiger partial charge in [-0.2, -0.15) is 0 Å². The SMILES string of the molecule is O=CC(C=O)(C=O)NCS(=O)(=O)[O-].[Na+]. The molecule has 0 amide bonds. The standard InChI is InChI=1S/C5H7NO6S.Na/c7-1-5(2-8,3-9)6-4-13(10,11)12;/h1-3,6H,4H2,(H,10,11,12);/q;+1/p-1. The smallest absolute Gasteiger partial charge is 0.747 e. The Labute approximate surface area is 102 Å². The monoisotopic (exact) mass is 231 g/mol. The zero-order chi connectivity index (χ0) is 10.5. The third-order valence-electron chi connectivity index (χ3n) is 1.14. The minimum absolute atomic E-state index is 0. The summed E-state index contributed by atoms with van der Waals surface area (Å²) in [5, 5.41) is 1.72. The molecule has 0 radical (unpaired) electrons. The summed E-state index contributed by atoms with van der Waals surface area (Å²) in [6.45, 7) is 0. The van der Waals surface area contributed by atoms with Gasteiger partial charge in [-0.3, -0.25) is 5.32 Å². The van der Waals surface area contributed by atoms with Crippen molar-refractivity contribution in [1.82, 2.24) is 5.32 Å². The van der Waals surface area contributed by atoms with Crippen LogP contribution in [0, 0.1) is 0 Å². The van der Waals surface area contributed by atoms with E-state index in [-0.39, 0.29) is 48.4 Å². The molecule has 0 unspecified atom stereocenters. The first kappa shape index (κ1) is 16.3. The van der Waals surface area contributed by atoms with E-state index in [9.17, 15) is 27.4 Å². The van der Waals surface area contributed by atoms with Gasteiger partial charge in [-0.05, 0) is 0 Å². The largest absolute Gasteiger partial charge is 1.00 e. The molecule has 9 heteroatoms. The van der Waals surface area contributed by atoms with Crippen LogP contribution >= 0.6 is 0 Å². The number of hydrogen-bond acceptors (Lipinski definition) is 7. The number of carbonyl (C=O) groups excluding carboxylic acids is 3. The molecule has 0 saturated carbocycles. The molecule has 0 aliphatic rings. The molecule has 0 aliphatic carbocycles. The van der Waals surface area contributed by atoms with Crippen LogP contribution in [0.5, 0.6) is 0 Å². The van der Waals surface area contributed by atoms with E-state index < -0.39 is 21.5 Å². The minimum atomic E-state index is -4.63. The Morgan fingerprint density at radius 2 is 1.50 bits per heavy atom. The van der Waals surface area contributed by atoms with Gasteiger partial charge in [0.15, 0.2) is 24.4 Å². The number of rotatable bonds is 6. The normalized spacial score (nSPS) is 11.2. The summed E-state index contributed by atoms with van der Waals surface area (Å²) in [6.07, 6.45) is -0.255. The Balaban J connectivity index is 0. The predicted octanol–water partition coefficient (Wildman–Crippen LogP) is -5.58. The summed E-state index contributed by atoms with van der Waals surface area (Å²) in [5.41, 5.74) is -2.24. The molecule has 0 aromatic heterocycles. The van der Waals surface area contributed by atoms with Gasteiger partial charge in [0.1, 0.15) is 10.1 Å². The average molecular weight is 231 g/mol. The summed E-state index contributed by atoms with van der Waals surface area (Å²) < 4.78 is 30.2. The van der Waals surface area contributed by atoms with Crippen LogP contribution < -0.4 is 34.9 Å². The quantitative estimate of drug-likeness (QED) is 0.209. The van der Waals surface area contributed by atoms with Gasteiger partial charge in [-0.25, -0.2) is 8.42 Å². The molecule has 0 spiro atoms. The van der Waals surface area contributed by atoms with E-state index in [1.807, 2.05) is 0 Å². The van der Waals surface area contributed by atoms with E-state index in [4.69, 9.17) is 0 Å². The number of nitrogens with one attached hydrogen (secondary N) is 1. The summed E-state index contributed by atoms with van der Waals surface area (Å²) >= 11 is 0. The Bertz CT molecular complexity index is 290. The van der Waals surface area contributed by atoms with Gasteiger partial charge >= 0.3 is 29.6 Å². The maximum absolute atomic E-state index is 10.2. The molecule has 0 aromatic carbocycles. The number of aldehydes is 3. The van der Waals surface area contributed by atoms with Gasteiger partial charge in [0.25, 0.3) is 0 Å². The van der Waals surface area contributed by atoms with Crippen LogP contribution in [0.15, 0.2) is 0 Å². The second-order valence-electron chi connectivity index (χ2n) is 2.17. The summed E-state index contributed by atoms with van der Waals surface area (Å²) in [4.78, 5) is 30.6. The van der Waals surface area contributed by atoms with Crippen molar-refractivity contribution in [1.29, 1.82) is 0 Å². The molecule has 0 fully saturated rings. The first-order chi connectivity index (χ1) is 5.89. The molecular formula is C5H6NNaO6S. The number of carbonyl (C=O) groups is 3. The van der Waals surface area contributed by atoms with Crippen molar-refractivity contribution in [2.75, 3.05) is 5.88 Å². The van der Waals surface area contributed by atoms with E-state index in [0.29, 0.717) is 0 Å². The Morgan fingerprint density at radius 1 is 1.14 bits per heavy atom. The molecule has 0 atom stereocenters. The van der Waals surface area contributed by atoms with Gasteiger partial charge in [-0.1, -0.05) is 0 Å². The van der Waals surface area contributed by atoms with Gasteiger partial charge in [0.05, 0.1) is 5.88 Å². The minimum Gasteiger partial charge on any atom is -0.747 e. The molecule has 1 N–H and O–H groups in total. The second-order valence-corrected chi connectivity index (χ2v) is 3.57. The van der Waals surface area contributed by atoms with E-state index in [0.717, 1.165) is 0 Å². The summed E-state index contributed by atoms with van der Waals surface area (Å²) in [6, 6.07) is 0. The molecule has 14 heavy (non-hydrogen) atoms. The maximum Gasteiger partial charge on any atom is 1.00 e. The molecular weight excluding hydrogens is 225 g/mol. The van der Waals surface area contributed by atoms with Gasteiger partial charge < -0.3 is 18.9 Å². The van der Waals surface area contributed by atoms with Crippen LogP contribution in [-0.2, 0) is 24.5 Å². The van der Waals surface area contributed by atoms with Crippen molar-refractivity contribution in [3.8, 4) is 0 Å². The molecule has 0 aromatic rings. The van der Waals surface area contributed by atoms with E-state index >= 15 is 0 Å². The van der Waals surface area contributed by atoms with Crippen molar-refractivity contribution in [3.05, 3.63) is 0 Å². The van der Waals surface area contributed by atoms with E-state index in [1.165, 1.54) is 0 Å². The van der Waals surface area contributed by atoms with E-state index in [1.54, 1.807) is 5.32 Å². The van der Waals surface area contributed by atoms with Crippen LogP contribution in [0.25, 0.3) is 0 Å². The summed E-state index contributed by atoms with van der Waals surface area (Å²) in [7, 11) is -4.63. The molecule has 0 saturated heterocycles. The van der Waals surface area contributed by atoms with Gasteiger partial charge in [0.2, 0.25) is 0 Å². The first-order valence-corrected chi connectivity index (χ1v) is 4.54. The number of hydrogen-bond donors (Lipinski definition) is 1. The molecule has 0 bridgehead atoms. The fourth-order valence-corrected chi connectivity index (χ4v) is 0.848.